The lowest BCUT2D eigenvalue weighted by atomic mass is 10.1. The number of hydrogen-bond donors (Lipinski definition) is 0. The molecular formula is C13H11Br2NO2. The molecule has 1 aliphatic heterocycles. The molecule has 0 atom stereocenters. The number of ether oxygens (including phenoxy) is 2. The van der Waals surface area contributed by atoms with Crippen molar-refractivity contribution < 1.29 is 9.47 Å². The number of rotatable bonds is 1. The van der Waals surface area contributed by atoms with Crippen molar-refractivity contribution in [2.24, 2.45) is 0 Å². The van der Waals surface area contributed by atoms with Crippen LogP contribution < -0.4 is 0 Å². The Kier molecular flexibility index (Phi) is 3.18. The molecule has 1 aliphatic rings. The molecule has 94 valence electrons. The fourth-order valence-electron chi connectivity index (χ4n) is 2.11. The van der Waals surface area contributed by atoms with Crippen LogP contribution in [0.25, 0.3) is 10.9 Å². The molecule has 0 bridgehead atoms. The van der Waals surface area contributed by atoms with Crippen molar-refractivity contribution in [1.29, 1.82) is 0 Å². The molecule has 0 spiro atoms. The number of fused-ring (bicyclic) bond motifs is 1. The molecule has 0 unspecified atom stereocenters. The summed E-state index contributed by atoms with van der Waals surface area (Å²) in [5.74, 6) is 0. The predicted octanol–water partition coefficient (Wildman–Crippen LogP) is 4.46. The van der Waals surface area contributed by atoms with Crippen LogP contribution in [-0.4, -0.2) is 11.3 Å². The first kappa shape index (κ1) is 12.5. The first-order chi connectivity index (χ1) is 8.56. The van der Waals surface area contributed by atoms with Crippen LogP contribution >= 0.6 is 31.9 Å². The van der Waals surface area contributed by atoms with Gasteiger partial charge >= 0.3 is 0 Å². The third-order valence-corrected chi connectivity index (χ3v) is 4.17. The molecule has 5 heteroatoms. The number of halogens is 2. The van der Waals surface area contributed by atoms with Crippen LogP contribution in [0.15, 0.2) is 27.1 Å². The zero-order valence-electron chi connectivity index (χ0n) is 9.91. The van der Waals surface area contributed by atoms with Crippen LogP contribution in [-0.2, 0) is 9.47 Å². The van der Waals surface area contributed by atoms with Gasteiger partial charge in [0.05, 0.1) is 5.52 Å². The normalized spacial score (nSPS) is 23.1. The summed E-state index contributed by atoms with van der Waals surface area (Å²) >= 11 is 7.13. The number of benzene rings is 1. The summed E-state index contributed by atoms with van der Waals surface area (Å²) in [7, 11) is 0. The summed E-state index contributed by atoms with van der Waals surface area (Å²) in [5.41, 5.74) is 2.90. The van der Waals surface area contributed by atoms with Crippen LogP contribution in [0.3, 0.4) is 0 Å². The molecule has 2 heterocycles. The van der Waals surface area contributed by atoms with E-state index in [0.717, 1.165) is 31.1 Å². The van der Waals surface area contributed by atoms with Gasteiger partial charge in [0.1, 0.15) is 0 Å². The number of hydrogen-bond acceptors (Lipinski definition) is 3. The Balaban J connectivity index is 2.24. The minimum Gasteiger partial charge on any atom is -0.320 e. The van der Waals surface area contributed by atoms with Crippen molar-refractivity contribution in [2.45, 2.75) is 26.4 Å². The second-order valence-corrected chi connectivity index (χ2v) is 5.99. The third-order valence-electron chi connectivity index (χ3n) is 2.91. The lowest BCUT2D eigenvalue weighted by Crippen LogP contribution is -2.31. The maximum absolute atomic E-state index is 5.57. The molecule has 1 aromatic carbocycles. The minimum atomic E-state index is -0.295. The lowest BCUT2D eigenvalue weighted by Gasteiger charge is -2.34. The van der Waals surface area contributed by atoms with Crippen LogP contribution in [0.4, 0.5) is 0 Å². The maximum atomic E-state index is 5.57. The van der Waals surface area contributed by atoms with Crippen molar-refractivity contribution in [2.75, 3.05) is 0 Å². The fraction of sp³-hybridized carbons (Fsp3) is 0.308. The summed E-state index contributed by atoms with van der Waals surface area (Å²) in [6.45, 7) is 3.86. The Morgan fingerprint density at radius 3 is 2.56 bits per heavy atom. The first-order valence-electron chi connectivity index (χ1n) is 5.62. The van der Waals surface area contributed by atoms with E-state index in [1.165, 1.54) is 0 Å². The minimum absolute atomic E-state index is 0.133. The maximum Gasteiger partial charge on any atom is 0.190 e. The van der Waals surface area contributed by atoms with Crippen LogP contribution in [0.2, 0.25) is 0 Å². The van der Waals surface area contributed by atoms with Gasteiger partial charge in [-0.25, -0.2) is 0 Å². The highest BCUT2D eigenvalue weighted by atomic mass is 79.9. The standard InChI is InChI=1S/C13H11Br2NO2/c1-6-5-10(15)11-8(13-17-7(2)18-13)3-4-9(14)12(11)16-6/h3-5,7,13H,1-2H3. The van der Waals surface area contributed by atoms with Gasteiger partial charge in [0.2, 0.25) is 0 Å². The number of pyridine rings is 1. The summed E-state index contributed by atoms with van der Waals surface area (Å²) in [6, 6.07) is 5.98. The zero-order chi connectivity index (χ0) is 12.9. The van der Waals surface area contributed by atoms with Gasteiger partial charge in [-0.15, -0.1) is 0 Å². The van der Waals surface area contributed by atoms with Crippen molar-refractivity contribution in [3.8, 4) is 0 Å². The summed E-state index contributed by atoms with van der Waals surface area (Å²) < 4.78 is 13.1. The molecule has 3 rings (SSSR count). The molecule has 18 heavy (non-hydrogen) atoms. The van der Waals surface area contributed by atoms with Gasteiger partial charge in [0, 0.05) is 25.6 Å². The van der Waals surface area contributed by atoms with Gasteiger partial charge in [-0.3, -0.25) is 4.98 Å². The van der Waals surface area contributed by atoms with E-state index >= 15 is 0 Å². The number of aromatic nitrogens is 1. The monoisotopic (exact) mass is 371 g/mol. The smallest absolute Gasteiger partial charge is 0.190 e. The van der Waals surface area contributed by atoms with Gasteiger partial charge in [-0.05, 0) is 41.9 Å². The van der Waals surface area contributed by atoms with Crippen molar-refractivity contribution in [1.82, 2.24) is 4.98 Å². The quantitative estimate of drug-likeness (QED) is 0.740. The number of nitrogens with zero attached hydrogens (tertiary/aromatic N) is 1. The Bertz CT molecular complexity index is 624. The predicted molar refractivity (Wildman–Crippen MR) is 76.3 cm³/mol. The van der Waals surface area contributed by atoms with E-state index in [0.29, 0.717) is 0 Å². The van der Waals surface area contributed by atoms with Gasteiger partial charge in [0.15, 0.2) is 12.6 Å². The highest BCUT2D eigenvalue weighted by molar-refractivity contribution is 9.11. The third kappa shape index (κ3) is 1.99. The molecule has 0 aliphatic carbocycles. The Labute approximate surface area is 122 Å². The first-order valence-corrected chi connectivity index (χ1v) is 7.21. The van der Waals surface area contributed by atoms with E-state index in [9.17, 15) is 0 Å². The highest BCUT2D eigenvalue weighted by Gasteiger charge is 2.30. The van der Waals surface area contributed by atoms with Gasteiger partial charge in [-0.1, -0.05) is 22.0 Å². The van der Waals surface area contributed by atoms with E-state index in [2.05, 4.69) is 36.8 Å². The Morgan fingerprint density at radius 2 is 1.89 bits per heavy atom. The topological polar surface area (TPSA) is 31.4 Å². The molecule has 1 saturated heterocycles. The second kappa shape index (κ2) is 4.56. The average molecular weight is 373 g/mol. The molecule has 0 amide bonds. The van der Waals surface area contributed by atoms with Gasteiger partial charge in [0.25, 0.3) is 0 Å². The van der Waals surface area contributed by atoms with E-state index in [1.807, 2.05) is 32.0 Å². The molecule has 0 N–H and O–H groups in total. The largest absolute Gasteiger partial charge is 0.320 e. The molecule has 2 aromatic rings. The Hall–Kier alpha value is -0.490. The summed E-state index contributed by atoms with van der Waals surface area (Å²) in [4.78, 5) is 4.57. The second-order valence-electron chi connectivity index (χ2n) is 4.28. The van der Waals surface area contributed by atoms with Gasteiger partial charge < -0.3 is 9.47 Å². The average Bonchev–Trinajstić information content (AvgIpc) is 2.27. The van der Waals surface area contributed by atoms with E-state index in [1.54, 1.807) is 0 Å². The molecule has 0 radical (unpaired) electrons. The van der Waals surface area contributed by atoms with Crippen LogP contribution in [0, 0.1) is 6.92 Å². The molecule has 0 saturated carbocycles. The molecule has 1 aromatic heterocycles. The molecule has 1 fully saturated rings. The number of aryl methyl sites for hydroxylation is 1. The summed E-state index contributed by atoms with van der Waals surface area (Å²) in [5, 5.41) is 1.03. The van der Waals surface area contributed by atoms with E-state index in [4.69, 9.17) is 9.47 Å². The SMILES string of the molecule is Cc1cc(Br)c2c(C3OC(C)O3)ccc(Br)c2n1. The molecular weight excluding hydrogens is 362 g/mol. The fourth-order valence-corrected chi connectivity index (χ4v) is 3.27. The van der Waals surface area contributed by atoms with Crippen LogP contribution in [0.1, 0.15) is 24.5 Å². The van der Waals surface area contributed by atoms with Gasteiger partial charge in [-0.2, -0.15) is 0 Å². The van der Waals surface area contributed by atoms with Crippen molar-refractivity contribution >= 4 is 42.8 Å². The molecule has 3 nitrogen and oxygen atoms in total. The van der Waals surface area contributed by atoms with Crippen molar-refractivity contribution in [3.05, 3.63) is 38.4 Å². The summed E-state index contributed by atoms with van der Waals surface area (Å²) in [6.07, 6.45) is -0.428. The van der Waals surface area contributed by atoms with E-state index in [-0.39, 0.29) is 12.6 Å². The van der Waals surface area contributed by atoms with Crippen LogP contribution in [0.5, 0.6) is 0 Å². The zero-order valence-corrected chi connectivity index (χ0v) is 13.1. The Morgan fingerprint density at radius 1 is 1.17 bits per heavy atom. The lowest BCUT2D eigenvalue weighted by molar-refractivity contribution is -0.382. The highest BCUT2D eigenvalue weighted by Crippen LogP contribution is 2.40. The van der Waals surface area contributed by atoms with Crippen molar-refractivity contribution in [3.63, 3.8) is 0 Å². The van der Waals surface area contributed by atoms with E-state index < -0.39 is 0 Å².